The van der Waals surface area contributed by atoms with Crippen molar-refractivity contribution in [1.29, 1.82) is 0 Å². The smallest absolute Gasteiger partial charge is 0.289 e. The minimum Gasteiger partial charge on any atom is -0.347 e. The molecule has 0 aromatic carbocycles. The molecule has 3 aliphatic carbocycles. The molecular formula is C38H69N7O6S4. The van der Waals surface area contributed by atoms with E-state index in [1.807, 2.05) is 27.7 Å². The number of likely N-dealkylation sites (tertiary alicyclic amines) is 1. The maximum absolute atomic E-state index is 14.6. The fraction of sp³-hybridized carbons (Fsp3) is 0.737. The van der Waals surface area contributed by atoms with Crippen LogP contribution in [0.2, 0.25) is 0 Å². The Morgan fingerprint density at radius 3 is 2.05 bits per heavy atom. The summed E-state index contributed by atoms with van der Waals surface area (Å²) in [6.07, 6.45) is 13.9. The normalized spacial score (nSPS) is 21.6. The lowest BCUT2D eigenvalue weighted by Gasteiger charge is -2.38. The van der Waals surface area contributed by atoms with Crippen molar-refractivity contribution in [2.75, 3.05) is 6.54 Å². The van der Waals surface area contributed by atoms with Crippen LogP contribution in [0.15, 0.2) is 18.6 Å². The molecule has 0 radical (unpaired) electrons. The van der Waals surface area contributed by atoms with Gasteiger partial charge in [0.2, 0.25) is 23.5 Å². The number of hydrogen-bond donors (Lipinski definition) is 4. The number of Topliss-reactive ketones (excluding diaryl/α,β-unsaturated/α-hetero) is 1. The number of rotatable bonds is 13. The van der Waals surface area contributed by atoms with Gasteiger partial charge in [0.15, 0.2) is 0 Å². The van der Waals surface area contributed by atoms with Gasteiger partial charge in [-0.2, -0.15) is 54.0 Å². The predicted octanol–water partition coefficient (Wildman–Crippen LogP) is 4.17. The molecule has 1 aliphatic heterocycles. The standard InChI is InChI=1S/C36H53N7O6.2CH4.4H2S/c1-5-10-25(29(44)34(48)39-23-15-16-23)40-33(47)28-24-14-9-13-22(24)20-43(28)35(49)30(36(2,3)4)42-32(46)27(21-11-7-6-8-12-21)41-31(45)26-19-37-17-18-38-26;;;;;;/h17-19,21-25,27-28,30H,5-16,20H2,1-4H3,(H,39,48)(H,40,47)(H,41,45)(H,42,46);2*1H4;4*1H2/t22-,24+,25-,27-,28+,30-;;;;;;/m1....../s1. The highest BCUT2D eigenvalue weighted by Crippen LogP contribution is 2.43. The molecule has 4 N–H and O–H groups in total. The molecule has 17 heteroatoms. The summed E-state index contributed by atoms with van der Waals surface area (Å²) in [5, 5.41) is 11.5. The summed E-state index contributed by atoms with van der Waals surface area (Å²) in [6.45, 7) is 7.85. The zero-order valence-corrected chi connectivity index (χ0v) is 35.3. The van der Waals surface area contributed by atoms with E-state index >= 15 is 0 Å². The Morgan fingerprint density at radius 2 is 1.49 bits per heavy atom. The van der Waals surface area contributed by atoms with Crippen LogP contribution in [0.3, 0.4) is 0 Å². The van der Waals surface area contributed by atoms with E-state index in [0.717, 1.165) is 64.2 Å². The first kappa shape index (κ1) is 54.6. The van der Waals surface area contributed by atoms with Crippen molar-refractivity contribution in [3.63, 3.8) is 0 Å². The van der Waals surface area contributed by atoms with Gasteiger partial charge in [0.05, 0.1) is 12.2 Å². The summed E-state index contributed by atoms with van der Waals surface area (Å²) in [5.41, 5.74) is -0.638. The summed E-state index contributed by atoms with van der Waals surface area (Å²) in [4.78, 5) is 91.4. The molecule has 1 aromatic heterocycles. The highest BCUT2D eigenvalue weighted by atomic mass is 32.1. The topological polar surface area (TPSA) is 180 Å². The Balaban J connectivity index is 0. The van der Waals surface area contributed by atoms with Crippen molar-refractivity contribution in [3.05, 3.63) is 24.3 Å². The maximum atomic E-state index is 14.6. The van der Waals surface area contributed by atoms with Gasteiger partial charge >= 0.3 is 0 Å². The number of carbonyl (C=O) groups excluding carboxylic acids is 6. The number of amides is 5. The van der Waals surface area contributed by atoms with Crippen LogP contribution in [0, 0.1) is 23.2 Å². The zero-order valence-electron chi connectivity index (χ0n) is 31.3. The van der Waals surface area contributed by atoms with Gasteiger partial charge in [-0.05, 0) is 68.1 Å². The third kappa shape index (κ3) is 13.8. The van der Waals surface area contributed by atoms with E-state index < -0.39 is 59.0 Å². The number of nitrogens with zero attached hydrogens (tertiary/aromatic N) is 3. The van der Waals surface area contributed by atoms with Gasteiger partial charge in [0.1, 0.15) is 23.8 Å². The van der Waals surface area contributed by atoms with Crippen LogP contribution in [-0.2, 0) is 24.0 Å². The van der Waals surface area contributed by atoms with Crippen LogP contribution in [0.1, 0.15) is 130 Å². The molecule has 0 bridgehead atoms. The number of ketones is 1. The van der Waals surface area contributed by atoms with E-state index in [-0.39, 0.29) is 104 Å². The van der Waals surface area contributed by atoms with E-state index in [1.54, 1.807) is 4.90 Å². The molecule has 1 aromatic rings. The van der Waals surface area contributed by atoms with Crippen LogP contribution >= 0.6 is 54.0 Å². The van der Waals surface area contributed by atoms with E-state index in [4.69, 9.17) is 0 Å². The highest BCUT2D eigenvalue weighted by molar-refractivity contribution is 7.59. The average Bonchev–Trinajstić information content (AvgIpc) is 3.65. The fourth-order valence-corrected chi connectivity index (χ4v) is 7.87. The van der Waals surface area contributed by atoms with Crippen LogP contribution in [-0.4, -0.2) is 86.9 Å². The van der Waals surface area contributed by atoms with E-state index in [9.17, 15) is 28.8 Å². The first-order chi connectivity index (χ1) is 23.4. The largest absolute Gasteiger partial charge is 0.347 e. The van der Waals surface area contributed by atoms with Crippen molar-refractivity contribution in [2.45, 2.75) is 150 Å². The second kappa shape index (κ2) is 24.3. The molecule has 1 saturated heterocycles. The van der Waals surface area contributed by atoms with E-state index in [0.29, 0.717) is 19.4 Å². The lowest BCUT2D eigenvalue weighted by molar-refractivity contribution is -0.146. The first-order valence-corrected chi connectivity index (χ1v) is 18.2. The molecule has 5 rings (SSSR count). The minimum atomic E-state index is -0.994. The monoisotopic (exact) mass is 847 g/mol. The SMILES string of the molecule is C.C.CCC[C@@H](NC(=O)[C@@H]1[C@H]2CCC[C@@H]2CN1C(=O)[C@@H](NC(=O)[C@H](NC(=O)c1cnccn1)C1CCCCC1)C(C)(C)C)C(=O)C(=O)NC1CC1.S.S.S.S. The van der Waals surface area contributed by atoms with Crippen LogP contribution in [0.5, 0.6) is 0 Å². The lowest BCUT2D eigenvalue weighted by Crippen LogP contribution is -2.62. The second-order valence-electron chi connectivity index (χ2n) is 15.5. The van der Waals surface area contributed by atoms with Crippen LogP contribution in [0.25, 0.3) is 0 Å². The Hall–Kier alpha value is -2.50. The van der Waals surface area contributed by atoms with Crippen LogP contribution < -0.4 is 21.3 Å². The molecule has 316 valence electrons. The predicted molar refractivity (Wildman–Crippen MR) is 236 cm³/mol. The second-order valence-corrected chi connectivity index (χ2v) is 15.5. The van der Waals surface area contributed by atoms with Gasteiger partial charge in [-0.25, -0.2) is 4.98 Å². The molecule has 6 atom stereocenters. The molecule has 0 unspecified atom stereocenters. The van der Waals surface area contributed by atoms with Gasteiger partial charge < -0.3 is 26.2 Å². The summed E-state index contributed by atoms with van der Waals surface area (Å²) in [6, 6.07) is -3.68. The third-order valence-electron chi connectivity index (χ3n) is 10.7. The van der Waals surface area contributed by atoms with Gasteiger partial charge in [-0.3, -0.25) is 33.8 Å². The number of nitrogens with one attached hydrogen (secondary N) is 4. The van der Waals surface area contributed by atoms with Crippen LogP contribution in [0.4, 0.5) is 0 Å². The maximum Gasteiger partial charge on any atom is 0.289 e. The molecular weight excluding hydrogens is 779 g/mol. The van der Waals surface area contributed by atoms with Crippen molar-refractivity contribution in [1.82, 2.24) is 36.1 Å². The molecule has 0 spiro atoms. The summed E-state index contributed by atoms with van der Waals surface area (Å²) in [7, 11) is 0. The Labute approximate surface area is 356 Å². The van der Waals surface area contributed by atoms with Crippen molar-refractivity contribution < 1.29 is 28.8 Å². The van der Waals surface area contributed by atoms with Gasteiger partial charge in [-0.15, -0.1) is 0 Å². The summed E-state index contributed by atoms with van der Waals surface area (Å²) in [5.74, 6) is -3.20. The number of hydrogen-bond acceptors (Lipinski definition) is 8. The first-order valence-electron chi connectivity index (χ1n) is 18.2. The molecule has 3 saturated carbocycles. The quantitative estimate of drug-likeness (QED) is 0.214. The van der Waals surface area contributed by atoms with E-state index in [2.05, 4.69) is 31.2 Å². The Bertz CT molecular complexity index is 1410. The lowest BCUT2D eigenvalue weighted by atomic mass is 9.82. The third-order valence-corrected chi connectivity index (χ3v) is 10.7. The zero-order chi connectivity index (χ0) is 35.3. The van der Waals surface area contributed by atoms with Gasteiger partial charge in [0.25, 0.3) is 11.8 Å². The summed E-state index contributed by atoms with van der Waals surface area (Å²) >= 11 is 0. The molecule has 13 nitrogen and oxygen atoms in total. The van der Waals surface area contributed by atoms with Gasteiger partial charge in [0, 0.05) is 25.0 Å². The highest BCUT2D eigenvalue weighted by Gasteiger charge is 2.52. The Kier molecular flexibility index (Phi) is 24.1. The molecule has 2 heterocycles. The molecule has 55 heavy (non-hydrogen) atoms. The van der Waals surface area contributed by atoms with E-state index in [1.165, 1.54) is 18.6 Å². The minimum absolute atomic E-state index is 0. The fourth-order valence-electron chi connectivity index (χ4n) is 7.87. The summed E-state index contributed by atoms with van der Waals surface area (Å²) < 4.78 is 0. The molecule has 4 aliphatic rings. The molecule has 4 fully saturated rings. The number of carbonyl (C=O) groups is 6. The molecule has 5 amide bonds. The Morgan fingerprint density at radius 1 is 0.836 bits per heavy atom. The van der Waals surface area contributed by atoms with Crippen molar-refractivity contribution in [2.24, 2.45) is 23.2 Å². The number of aromatic nitrogens is 2. The average molecular weight is 848 g/mol. The van der Waals surface area contributed by atoms with Crippen molar-refractivity contribution >= 4 is 89.3 Å². The number of fused-ring (bicyclic) bond motifs is 1. The van der Waals surface area contributed by atoms with Gasteiger partial charge in [-0.1, -0.05) is 74.7 Å². The van der Waals surface area contributed by atoms with Crippen molar-refractivity contribution in [3.8, 4) is 0 Å².